The fourth-order valence-corrected chi connectivity index (χ4v) is 2.41. The van der Waals surface area contributed by atoms with Gasteiger partial charge in [0.2, 0.25) is 0 Å². The Morgan fingerprint density at radius 3 is 2.73 bits per heavy atom. The van der Waals surface area contributed by atoms with Crippen molar-refractivity contribution in [1.82, 2.24) is 15.2 Å². The first-order chi connectivity index (χ1) is 7.24. The molecule has 2 heterocycles. The Balaban J connectivity index is 2.09. The number of pyridine rings is 1. The van der Waals surface area contributed by atoms with Crippen LogP contribution in [0.5, 0.6) is 0 Å². The van der Waals surface area contributed by atoms with Crippen LogP contribution in [0.1, 0.15) is 12.0 Å². The maximum absolute atomic E-state index is 4.05. The van der Waals surface area contributed by atoms with E-state index in [9.17, 15) is 0 Å². The van der Waals surface area contributed by atoms with Gasteiger partial charge in [-0.25, -0.2) is 0 Å². The largest absolute Gasteiger partial charge is 0.313 e. The van der Waals surface area contributed by atoms with E-state index in [0.717, 1.165) is 13.0 Å². The lowest BCUT2D eigenvalue weighted by Crippen LogP contribution is -2.47. The minimum absolute atomic E-state index is 0.260. The van der Waals surface area contributed by atoms with Gasteiger partial charge < -0.3 is 10.2 Å². The zero-order valence-electron chi connectivity index (χ0n) is 9.53. The fourth-order valence-electron chi connectivity index (χ4n) is 2.41. The summed E-state index contributed by atoms with van der Waals surface area (Å²) in [5, 5.41) is 3.49. The van der Waals surface area contributed by atoms with Gasteiger partial charge in [-0.1, -0.05) is 0 Å². The van der Waals surface area contributed by atoms with Gasteiger partial charge in [-0.3, -0.25) is 4.98 Å². The minimum Gasteiger partial charge on any atom is -0.313 e. The highest BCUT2D eigenvalue weighted by Gasteiger charge is 2.34. The number of hydrogen-bond acceptors (Lipinski definition) is 3. The average Bonchev–Trinajstić information content (AvgIpc) is 2.62. The molecule has 1 fully saturated rings. The Hall–Kier alpha value is -0.930. The van der Waals surface area contributed by atoms with Crippen LogP contribution in [-0.4, -0.2) is 42.6 Å². The monoisotopic (exact) mass is 205 g/mol. The van der Waals surface area contributed by atoms with Gasteiger partial charge >= 0.3 is 0 Å². The summed E-state index contributed by atoms with van der Waals surface area (Å²) >= 11 is 0. The fraction of sp³-hybridized carbons (Fsp3) is 0.583. The van der Waals surface area contributed by atoms with E-state index in [-0.39, 0.29) is 5.54 Å². The molecule has 1 aromatic rings. The summed E-state index contributed by atoms with van der Waals surface area (Å²) in [7, 11) is 4.26. The van der Waals surface area contributed by atoms with Gasteiger partial charge in [0.15, 0.2) is 0 Å². The molecular weight excluding hydrogens is 186 g/mol. The number of aromatic nitrogens is 1. The lowest BCUT2D eigenvalue weighted by atomic mass is 9.90. The van der Waals surface area contributed by atoms with Crippen molar-refractivity contribution in [1.29, 1.82) is 0 Å². The third-order valence-corrected chi connectivity index (χ3v) is 3.37. The first-order valence-corrected chi connectivity index (χ1v) is 5.50. The third-order valence-electron chi connectivity index (χ3n) is 3.37. The Labute approximate surface area is 91.5 Å². The lowest BCUT2D eigenvalue weighted by molar-refractivity contribution is 0.326. The number of likely N-dealkylation sites (N-methyl/N-ethyl adjacent to an activating group) is 2. The van der Waals surface area contributed by atoms with Crippen molar-refractivity contribution >= 4 is 0 Å². The van der Waals surface area contributed by atoms with Gasteiger partial charge in [0.25, 0.3) is 0 Å². The SMILES string of the molecule is CNC1(Cc2ccncc2)CCN(C)C1. The molecule has 0 bridgehead atoms. The Morgan fingerprint density at radius 2 is 2.20 bits per heavy atom. The molecular formula is C12H19N3. The van der Waals surface area contributed by atoms with Crippen LogP contribution >= 0.6 is 0 Å². The lowest BCUT2D eigenvalue weighted by Gasteiger charge is -2.28. The molecule has 0 amide bonds. The van der Waals surface area contributed by atoms with Crippen molar-refractivity contribution < 1.29 is 0 Å². The first kappa shape index (κ1) is 10.6. The van der Waals surface area contributed by atoms with Crippen molar-refractivity contribution in [2.75, 3.05) is 27.2 Å². The maximum atomic E-state index is 4.05. The van der Waals surface area contributed by atoms with Gasteiger partial charge in [-0.2, -0.15) is 0 Å². The van der Waals surface area contributed by atoms with E-state index < -0.39 is 0 Å². The molecule has 0 aliphatic carbocycles. The standard InChI is InChI=1S/C12H19N3/c1-13-12(5-8-15(2)10-12)9-11-3-6-14-7-4-11/h3-4,6-7,13H,5,8-10H2,1-2H3. The van der Waals surface area contributed by atoms with E-state index in [4.69, 9.17) is 0 Å². The van der Waals surface area contributed by atoms with E-state index in [1.165, 1.54) is 18.5 Å². The van der Waals surface area contributed by atoms with Gasteiger partial charge in [0.1, 0.15) is 0 Å². The molecule has 1 N–H and O–H groups in total. The number of nitrogens with one attached hydrogen (secondary N) is 1. The second-order valence-corrected chi connectivity index (χ2v) is 4.55. The van der Waals surface area contributed by atoms with E-state index >= 15 is 0 Å². The van der Waals surface area contributed by atoms with Crippen molar-refractivity contribution in [2.24, 2.45) is 0 Å². The van der Waals surface area contributed by atoms with E-state index in [2.05, 4.69) is 41.4 Å². The summed E-state index contributed by atoms with van der Waals surface area (Å²) in [5.74, 6) is 0. The summed E-state index contributed by atoms with van der Waals surface area (Å²) in [5.41, 5.74) is 1.63. The van der Waals surface area contributed by atoms with Crippen LogP contribution in [0.25, 0.3) is 0 Å². The number of rotatable bonds is 3. The summed E-state index contributed by atoms with van der Waals surface area (Å²) in [6.07, 6.45) is 6.06. The van der Waals surface area contributed by atoms with Gasteiger partial charge in [0, 0.05) is 24.5 Å². The Bertz CT molecular complexity index is 312. The molecule has 1 saturated heterocycles. The van der Waals surface area contributed by atoms with Crippen LogP contribution in [-0.2, 0) is 6.42 Å². The maximum Gasteiger partial charge on any atom is 0.0358 e. The van der Waals surface area contributed by atoms with Crippen LogP contribution in [0, 0.1) is 0 Å². The predicted octanol–water partition coefficient (Wildman–Crippen LogP) is 0.918. The molecule has 0 saturated carbocycles. The molecule has 1 aliphatic heterocycles. The van der Waals surface area contributed by atoms with Crippen molar-refractivity contribution in [3.63, 3.8) is 0 Å². The smallest absolute Gasteiger partial charge is 0.0358 e. The molecule has 15 heavy (non-hydrogen) atoms. The Kier molecular flexibility index (Phi) is 3.03. The highest BCUT2D eigenvalue weighted by atomic mass is 15.2. The Morgan fingerprint density at radius 1 is 1.47 bits per heavy atom. The summed E-state index contributed by atoms with van der Waals surface area (Å²) in [4.78, 5) is 6.44. The molecule has 1 aromatic heterocycles. The molecule has 1 aliphatic rings. The van der Waals surface area contributed by atoms with Crippen LogP contribution in [0.4, 0.5) is 0 Å². The normalized spacial score (nSPS) is 27.1. The summed E-state index contributed by atoms with van der Waals surface area (Å²) in [6, 6.07) is 4.22. The highest BCUT2D eigenvalue weighted by molar-refractivity contribution is 5.15. The molecule has 3 heteroatoms. The van der Waals surface area contributed by atoms with E-state index in [1.54, 1.807) is 0 Å². The average molecular weight is 205 g/mol. The molecule has 3 nitrogen and oxygen atoms in total. The van der Waals surface area contributed by atoms with E-state index in [1.807, 2.05) is 12.4 Å². The quantitative estimate of drug-likeness (QED) is 0.795. The minimum atomic E-state index is 0.260. The van der Waals surface area contributed by atoms with Crippen LogP contribution in [0.3, 0.4) is 0 Å². The third kappa shape index (κ3) is 2.36. The second kappa shape index (κ2) is 4.29. The van der Waals surface area contributed by atoms with Crippen LogP contribution in [0.2, 0.25) is 0 Å². The zero-order chi connectivity index (χ0) is 10.7. The van der Waals surface area contributed by atoms with E-state index in [0.29, 0.717) is 0 Å². The molecule has 0 aromatic carbocycles. The molecule has 2 rings (SSSR count). The first-order valence-electron chi connectivity index (χ1n) is 5.50. The highest BCUT2D eigenvalue weighted by Crippen LogP contribution is 2.23. The number of hydrogen-bond donors (Lipinski definition) is 1. The predicted molar refractivity (Wildman–Crippen MR) is 61.8 cm³/mol. The van der Waals surface area contributed by atoms with Gasteiger partial charge in [-0.05, 0) is 51.2 Å². The van der Waals surface area contributed by atoms with Crippen molar-refractivity contribution in [3.05, 3.63) is 30.1 Å². The van der Waals surface area contributed by atoms with Crippen molar-refractivity contribution in [2.45, 2.75) is 18.4 Å². The van der Waals surface area contributed by atoms with Crippen LogP contribution < -0.4 is 5.32 Å². The summed E-state index contributed by atoms with van der Waals surface area (Å²) < 4.78 is 0. The molecule has 1 atom stereocenters. The topological polar surface area (TPSA) is 28.2 Å². The zero-order valence-corrected chi connectivity index (χ0v) is 9.53. The molecule has 82 valence electrons. The van der Waals surface area contributed by atoms with Gasteiger partial charge in [0.05, 0.1) is 0 Å². The van der Waals surface area contributed by atoms with Crippen molar-refractivity contribution in [3.8, 4) is 0 Å². The second-order valence-electron chi connectivity index (χ2n) is 4.55. The van der Waals surface area contributed by atoms with Gasteiger partial charge in [-0.15, -0.1) is 0 Å². The summed E-state index contributed by atoms with van der Waals surface area (Å²) in [6.45, 7) is 2.32. The number of likely N-dealkylation sites (tertiary alicyclic amines) is 1. The number of nitrogens with zero attached hydrogens (tertiary/aromatic N) is 2. The molecule has 0 radical (unpaired) electrons. The molecule has 0 spiro atoms. The molecule has 1 unspecified atom stereocenters. The van der Waals surface area contributed by atoms with Crippen LogP contribution in [0.15, 0.2) is 24.5 Å².